The van der Waals surface area contributed by atoms with Crippen LogP contribution >= 0.6 is 0 Å². The number of hydrogen-bond donors (Lipinski definition) is 1. The highest BCUT2D eigenvalue weighted by Crippen LogP contribution is 2.22. The molecular formula is C17H20N2O5. The maximum atomic E-state index is 12.0. The Labute approximate surface area is 139 Å². The minimum Gasteiger partial charge on any atom is -0.465 e. The van der Waals surface area contributed by atoms with E-state index in [9.17, 15) is 14.4 Å². The van der Waals surface area contributed by atoms with E-state index in [1.54, 1.807) is 35.0 Å². The number of nitrogens with zero attached hydrogens (tertiary/aromatic N) is 1. The van der Waals surface area contributed by atoms with Crippen molar-refractivity contribution in [3.8, 4) is 0 Å². The number of amides is 1. The molecule has 0 saturated heterocycles. The number of benzene rings is 1. The van der Waals surface area contributed by atoms with Crippen molar-refractivity contribution in [3.05, 3.63) is 36.0 Å². The molecule has 0 aliphatic rings. The summed E-state index contributed by atoms with van der Waals surface area (Å²) in [5, 5.41) is 3.32. The van der Waals surface area contributed by atoms with Gasteiger partial charge in [0.25, 0.3) is 5.91 Å². The third-order valence-electron chi connectivity index (χ3n) is 3.31. The van der Waals surface area contributed by atoms with Crippen LogP contribution in [0.25, 0.3) is 10.9 Å². The van der Waals surface area contributed by atoms with Gasteiger partial charge in [0.05, 0.1) is 12.7 Å². The Balaban J connectivity index is 2.11. The van der Waals surface area contributed by atoms with Crippen LogP contribution in [0.1, 0.15) is 24.2 Å². The summed E-state index contributed by atoms with van der Waals surface area (Å²) in [6.45, 7) is 3.20. The van der Waals surface area contributed by atoms with E-state index >= 15 is 0 Å². The third-order valence-corrected chi connectivity index (χ3v) is 3.31. The van der Waals surface area contributed by atoms with Gasteiger partial charge in [0.1, 0.15) is 6.54 Å². The zero-order chi connectivity index (χ0) is 17.7. The zero-order valence-electron chi connectivity index (χ0n) is 13.9. The molecule has 2 rings (SSSR count). The van der Waals surface area contributed by atoms with Gasteiger partial charge in [-0.1, -0.05) is 18.2 Å². The van der Waals surface area contributed by atoms with E-state index in [0.717, 1.165) is 0 Å². The molecule has 0 aliphatic heterocycles. The highest BCUT2D eigenvalue weighted by atomic mass is 16.5. The number of methoxy groups -OCH3 is 1. The molecule has 0 spiro atoms. The monoisotopic (exact) mass is 332 g/mol. The van der Waals surface area contributed by atoms with Gasteiger partial charge in [0.2, 0.25) is 0 Å². The molecule has 1 N–H and O–H groups in total. The summed E-state index contributed by atoms with van der Waals surface area (Å²) in [6.07, 6.45) is 1.55. The fourth-order valence-electron chi connectivity index (χ4n) is 2.34. The standard InChI is InChI=1S/C17H20N2O5/c1-11(2)18-15(20)10-24-16(21)9-19-8-13(17(22)23-3)12-6-4-5-7-14(12)19/h4-8,11H,9-10H2,1-3H3,(H,18,20). The number of para-hydroxylation sites is 1. The number of ether oxygens (including phenoxy) is 2. The quantitative estimate of drug-likeness (QED) is 0.810. The van der Waals surface area contributed by atoms with Gasteiger partial charge in [-0.05, 0) is 19.9 Å². The summed E-state index contributed by atoms with van der Waals surface area (Å²) in [5.41, 5.74) is 1.08. The summed E-state index contributed by atoms with van der Waals surface area (Å²) >= 11 is 0. The fourth-order valence-corrected chi connectivity index (χ4v) is 2.34. The molecule has 0 aliphatic carbocycles. The molecule has 1 heterocycles. The van der Waals surface area contributed by atoms with Crippen molar-refractivity contribution in [1.82, 2.24) is 9.88 Å². The lowest BCUT2D eigenvalue weighted by Crippen LogP contribution is -2.34. The summed E-state index contributed by atoms with van der Waals surface area (Å²) in [6, 6.07) is 7.15. The molecular weight excluding hydrogens is 312 g/mol. The molecule has 0 unspecified atom stereocenters. The van der Waals surface area contributed by atoms with Crippen LogP contribution in [-0.4, -0.2) is 42.2 Å². The van der Waals surface area contributed by atoms with Crippen LogP contribution in [-0.2, 0) is 25.6 Å². The summed E-state index contributed by atoms with van der Waals surface area (Å²) < 4.78 is 11.3. The highest BCUT2D eigenvalue weighted by molar-refractivity contribution is 6.04. The van der Waals surface area contributed by atoms with Crippen LogP contribution in [0, 0.1) is 0 Å². The van der Waals surface area contributed by atoms with Gasteiger partial charge in [0.15, 0.2) is 6.61 Å². The number of nitrogens with one attached hydrogen (secondary N) is 1. The molecule has 24 heavy (non-hydrogen) atoms. The van der Waals surface area contributed by atoms with Crippen LogP contribution in [0.5, 0.6) is 0 Å². The normalized spacial score (nSPS) is 10.7. The summed E-state index contributed by atoms with van der Waals surface area (Å²) in [5.74, 6) is -1.40. The summed E-state index contributed by atoms with van der Waals surface area (Å²) in [7, 11) is 1.30. The molecule has 7 nitrogen and oxygen atoms in total. The Kier molecular flexibility index (Phi) is 5.57. The van der Waals surface area contributed by atoms with Crippen LogP contribution in [0.3, 0.4) is 0 Å². The van der Waals surface area contributed by atoms with E-state index in [-0.39, 0.29) is 25.1 Å². The predicted octanol–water partition coefficient (Wildman–Crippen LogP) is 1.50. The molecule has 0 bridgehead atoms. The number of aromatic nitrogens is 1. The van der Waals surface area contributed by atoms with Crippen LogP contribution < -0.4 is 5.32 Å². The van der Waals surface area contributed by atoms with Crippen molar-refractivity contribution in [3.63, 3.8) is 0 Å². The van der Waals surface area contributed by atoms with Gasteiger partial charge in [0, 0.05) is 23.1 Å². The van der Waals surface area contributed by atoms with Crippen LogP contribution in [0.15, 0.2) is 30.5 Å². The Hall–Kier alpha value is -2.83. The Morgan fingerprint density at radius 3 is 2.58 bits per heavy atom. The Bertz CT molecular complexity index is 763. The lowest BCUT2D eigenvalue weighted by Gasteiger charge is -2.09. The molecule has 2 aromatic rings. The SMILES string of the molecule is COC(=O)c1cn(CC(=O)OCC(=O)NC(C)C)c2ccccc12. The van der Waals surface area contributed by atoms with E-state index in [4.69, 9.17) is 9.47 Å². The zero-order valence-corrected chi connectivity index (χ0v) is 13.9. The molecule has 1 aromatic heterocycles. The highest BCUT2D eigenvalue weighted by Gasteiger charge is 2.17. The Morgan fingerprint density at radius 1 is 1.21 bits per heavy atom. The number of rotatable bonds is 6. The second-order valence-corrected chi connectivity index (χ2v) is 5.56. The third kappa shape index (κ3) is 4.13. The number of hydrogen-bond acceptors (Lipinski definition) is 5. The molecule has 0 saturated carbocycles. The van der Waals surface area contributed by atoms with E-state index in [0.29, 0.717) is 16.5 Å². The second kappa shape index (κ2) is 7.63. The van der Waals surface area contributed by atoms with Crippen molar-refractivity contribution < 1.29 is 23.9 Å². The average Bonchev–Trinajstić information content (AvgIpc) is 2.90. The lowest BCUT2D eigenvalue weighted by atomic mass is 10.2. The van der Waals surface area contributed by atoms with E-state index in [1.807, 2.05) is 13.8 Å². The van der Waals surface area contributed by atoms with Gasteiger partial charge in [-0.15, -0.1) is 0 Å². The van der Waals surface area contributed by atoms with Crippen molar-refractivity contribution in [2.45, 2.75) is 26.4 Å². The summed E-state index contributed by atoms with van der Waals surface area (Å²) in [4.78, 5) is 35.3. The molecule has 0 fully saturated rings. The molecule has 7 heteroatoms. The van der Waals surface area contributed by atoms with Gasteiger partial charge in [-0.25, -0.2) is 4.79 Å². The van der Waals surface area contributed by atoms with E-state index < -0.39 is 11.9 Å². The molecule has 0 radical (unpaired) electrons. The van der Waals surface area contributed by atoms with Gasteiger partial charge in [-0.3, -0.25) is 9.59 Å². The first-order valence-electron chi connectivity index (χ1n) is 7.53. The van der Waals surface area contributed by atoms with E-state index in [1.165, 1.54) is 7.11 Å². The topological polar surface area (TPSA) is 86.6 Å². The minimum absolute atomic E-state index is 0.0211. The second-order valence-electron chi connectivity index (χ2n) is 5.56. The van der Waals surface area contributed by atoms with Crippen LogP contribution in [0.4, 0.5) is 0 Å². The predicted molar refractivity (Wildman–Crippen MR) is 87.5 cm³/mol. The molecule has 1 amide bonds. The number of esters is 2. The van der Waals surface area contributed by atoms with Gasteiger partial charge >= 0.3 is 11.9 Å². The lowest BCUT2D eigenvalue weighted by molar-refractivity contribution is -0.149. The maximum absolute atomic E-state index is 12.0. The van der Waals surface area contributed by atoms with Gasteiger partial charge in [-0.2, -0.15) is 0 Å². The number of fused-ring (bicyclic) bond motifs is 1. The molecule has 128 valence electrons. The first-order valence-corrected chi connectivity index (χ1v) is 7.53. The van der Waals surface area contributed by atoms with Crippen molar-refractivity contribution in [2.24, 2.45) is 0 Å². The smallest absolute Gasteiger partial charge is 0.340 e. The first kappa shape index (κ1) is 17.5. The number of carbonyl (C=O) groups is 3. The van der Waals surface area contributed by atoms with Crippen molar-refractivity contribution >= 4 is 28.7 Å². The molecule has 1 aromatic carbocycles. The minimum atomic E-state index is -0.564. The fraction of sp³-hybridized carbons (Fsp3) is 0.353. The largest absolute Gasteiger partial charge is 0.465 e. The maximum Gasteiger partial charge on any atom is 0.340 e. The first-order chi connectivity index (χ1) is 11.4. The van der Waals surface area contributed by atoms with Gasteiger partial charge < -0.3 is 19.4 Å². The molecule has 0 atom stereocenters. The van der Waals surface area contributed by atoms with Crippen LogP contribution in [0.2, 0.25) is 0 Å². The average molecular weight is 332 g/mol. The van der Waals surface area contributed by atoms with E-state index in [2.05, 4.69) is 5.32 Å². The van der Waals surface area contributed by atoms with Crippen molar-refractivity contribution in [2.75, 3.05) is 13.7 Å². The number of carbonyl (C=O) groups excluding carboxylic acids is 3. The van der Waals surface area contributed by atoms with Crippen molar-refractivity contribution in [1.29, 1.82) is 0 Å². The Morgan fingerprint density at radius 2 is 1.92 bits per heavy atom.